The van der Waals surface area contributed by atoms with Crippen molar-refractivity contribution in [2.24, 2.45) is 17.6 Å². The summed E-state index contributed by atoms with van der Waals surface area (Å²) < 4.78 is 0.501. The Hall–Kier alpha value is -2.69. The van der Waals surface area contributed by atoms with Gasteiger partial charge in [0, 0.05) is 28.3 Å². The highest BCUT2D eigenvalue weighted by atomic mass is 79.9. The van der Waals surface area contributed by atoms with E-state index in [9.17, 15) is 39.9 Å². The molecule has 30 heavy (non-hydrogen) atoms. The van der Waals surface area contributed by atoms with Crippen molar-refractivity contribution in [1.82, 2.24) is 0 Å². The number of phenols is 1. The lowest BCUT2D eigenvalue weighted by molar-refractivity contribution is -0.137. The fraction of sp³-hybridized carbons (Fsp3) is 0.350. The van der Waals surface area contributed by atoms with Crippen molar-refractivity contribution in [2.75, 3.05) is 0 Å². The van der Waals surface area contributed by atoms with Crippen LogP contribution in [0, 0.1) is 11.8 Å². The van der Waals surface area contributed by atoms with E-state index >= 15 is 0 Å². The largest absolute Gasteiger partial charge is 0.508 e. The lowest BCUT2D eigenvalue weighted by Gasteiger charge is -2.50. The summed E-state index contributed by atoms with van der Waals surface area (Å²) in [4.78, 5) is 37.2. The first-order valence-electron chi connectivity index (χ1n) is 9.11. The molecule has 0 saturated carbocycles. The summed E-state index contributed by atoms with van der Waals surface area (Å²) in [7, 11) is 0. The number of primary amides is 1. The van der Waals surface area contributed by atoms with Gasteiger partial charge in [-0.2, -0.15) is 0 Å². The molecular weight excluding hydrogens is 462 g/mol. The summed E-state index contributed by atoms with van der Waals surface area (Å²) in [6, 6.07) is 2.82. The minimum Gasteiger partial charge on any atom is -0.508 e. The molecule has 158 valence electrons. The molecule has 1 amide bonds. The van der Waals surface area contributed by atoms with E-state index in [-0.39, 0.29) is 11.3 Å². The number of amides is 1. The van der Waals surface area contributed by atoms with Crippen LogP contribution in [0.4, 0.5) is 0 Å². The maximum Gasteiger partial charge on any atom is 0.255 e. The molecule has 0 heterocycles. The number of hydrogen-bond donors (Lipinski definition) is 6. The first kappa shape index (κ1) is 20.6. The first-order chi connectivity index (χ1) is 13.9. The summed E-state index contributed by atoms with van der Waals surface area (Å²) in [6.07, 6.45) is -2.12. The molecule has 7 N–H and O–H groups in total. The number of fused-ring (bicyclic) bond motifs is 3. The van der Waals surface area contributed by atoms with E-state index in [1.54, 1.807) is 6.92 Å². The van der Waals surface area contributed by atoms with Crippen molar-refractivity contribution in [3.8, 4) is 5.75 Å². The number of nitrogens with two attached hydrogens (primary N) is 1. The highest BCUT2D eigenvalue weighted by Gasteiger charge is 2.63. The third kappa shape index (κ3) is 2.32. The van der Waals surface area contributed by atoms with Gasteiger partial charge in [-0.1, -0.05) is 22.9 Å². The minimum atomic E-state index is -2.75. The molecule has 3 aliphatic rings. The standard InChI is InChI=1S/C20H18BrNO8/c1-5-10-7(21)2-3-8(23)12(10)16(26)14-11(5)15(25)6-4-9(24)13(19(22)29)17(27)20(6,30)18(14)28/h2-3,5-6,11,15,23,25,27-28,30H,4H2,1H3,(H2,22,29)/t5-,6+,11+,15+,20+/m0/s1. The van der Waals surface area contributed by atoms with Crippen LogP contribution in [0.5, 0.6) is 5.75 Å². The van der Waals surface area contributed by atoms with E-state index in [1.165, 1.54) is 12.1 Å². The van der Waals surface area contributed by atoms with Crippen molar-refractivity contribution in [1.29, 1.82) is 0 Å². The average molecular weight is 480 g/mol. The number of benzene rings is 1. The van der Waals surface area contributed by atoms with Crippen LogP contribution in [0.2, 0.25) is 0 Å². The third-order valence-electron chi connectivity index (χ3n) is 6.43. The summed E-state index contributed by atoms with van der Waals surface area (Å²) in [6.45, 7) is 1.66. The number of ketones is 2. The van der Waals surface area contributed by atoms with Gasteiger partial charge in [0.2, 0.25) is 0 Å². The minimum absolute atomic E-state index is 0.116. The molecule has 0 aliphatic heterocycles. The predicted octanol–water partition coefficient (Wildman–Crippen LogP) is 0.875. The molecule has 0 saturated heterocycles. The zero-order valence-corrected chi connectivity index (χ0v) is 17.2. The molecule has 5 atom stereocenters. The van der Waals surface area contributed by atoms with E-state index in [4.69, 9.17) is 5.73 Å². The maximum atomic E-state index is 13.3. The zero-order valence-electron chi connectivity index (χ0n) is 15.6. The highest BCUT2D eigenvalue weighted by molar-refractivity contribution is 9.10. The van der Waals surface area contributed by atoms with Gasteiger partial charge in [0.15, 0.2) is 17.2 Å². The van der Waals surface area contributed by atoms with Crippen molar-refractivity contribution < 1.29 is 39.9 Å². The van der Waals surface area contributed by atoms with E-state index in [0.717, 1.165) is 0 Å². The average Bonchev–Trinajstić information content (AvgIpc) is 2.66. The van der Waals surface area contributed by atoms with Crippen LogP contribution >= 0.6 is 15.9 Å². The molecule has 10 heteroatoms. The van der Waals surface area contributed by atoms with Gasteiger partial charge < -0.3 is 31.3 Å². The summed E-state index contributed by atoms with van der Waals surface area (Å²) in [5, 5.41) is 54.0. The number of rotatable bonds is 1. The van der Waals surface area contributed by atoms with Gasteiger partial charge >= 0.3 is 0 Å². The molecule has 1 aromatic rings. The molecule has 0 bridgehead atoms. The molecule has 1 aromatic carbocycles. The Bertz CT molecular complexity index is 1110. The van der Waals surface area contributed by atoms with Crippen LogP contribution in [0.3, 0.4) is 0 Å². The molecule has 9 nitrogen and oxygen atoms in total. The predicted molar refractivity (Wildman–Crippen MR) is 105 cm³/mol. The molecule has 0 unspecified atom stereocenters. The van der Waals surface area contributed by atoms with Gasteiger partial charge in [-0.15, -0.1) is 0 Å². The van der Waals surface area contributed by atoms with Crippen molar-refractivity contribution in [3.05, 3.63) is 50.4 Å². The SMILES string of the molecule is C[C@H]1c2c(Br)ccc(O)c2C(=O)C2=C(O)[C@]3(O)C(O)=C(C(N)=O)C(=O)C[C@@H]3[C@@H](O)[C@@H]21. The van der Waals surface area contributed by atoms with E-state index in [0.29, 0.717) is 10.0 Å². The van der Waals surface area contributed by atoms with Gasteiger partial charge in [0.1, 0.15) is 22.8 Å². The molecule has 0 radical (unpaired) electrons. The summed E-state index contributed by atoms with van der Waals surface area (Å²) in [5.41, 5.74) is 1.38. The molecule has 0 fully saturated rings. The van der Waals surface area contributed by atoms with Gasteiger partial charge in [-0.25, -0.2) is 0 Å². The number of hydrogen-bond acceptors (Lipinski definition) is 8. The third-order valence-corrected chi connectivity index (χ3v) is 7.12. The second-order valence-corrected chi connectivity index (χ2v) is 8.69. The topological polar surface area (TPSA) is 178 Å². The van der Waals surface area contributed by atoms with Crippen LogP contribution in [-0.4, -0.2) is 54.7 Å². The molecular formula is C20H18BrNO8. The van der Waals surface area contributed by atoms with Crippen molar-refractivity contribution in [2.45, 2.75) is 31.0 Å². The summed E-state index contributed by atoms with van der Waals surface area (Å²) >= 11 is 3.33. The number of Topliss-reactive ketones (excluding diaryl/α,β-unsaturated/α-hetero) is 2. The van der Waals surface area contributed by atoms with Gasteiger partial charge in [0.05, 0.1) is 11.7 Å². The fourth-order valence-electron chi connectivity index (χ4n) is 5.03. The van der Waals surface area contributed by atoms with Crippen LogP contribution in [0.1, 0.15) is 35.2 Å². The quantitative estimate of drug-likeness (QED) is 0.321. The number of phenolic OH excluding ortho intramolecular Hbond substituents is 1. The maximum absolute atomic E-state index is 13.3. The molecule has 3 aliphatic carbocycles. The first-order valence-corrected chi connectivity index (χ1v) is 9.90. The lowest BCUT2D eigenvalue weighted by atomic mass is 9.57. The van der Waals surface area contributed by atoms with Crippen molar-refractivity contribution in [3.63, 3.8) is 0 Å². The highest BCUT2D eigenvalue weighted by Crippen LogP contribution is 2.56. The van der Waals surface area contributed by atoms with Crippen molar-refractivity contribution >= 4 is 33.4 Å². The van der Waals surface area contributed by atoms with E-state index in [1.807, 2.05) is 0 Å². The Balaban J connectivity index is 2.06. The Morgan fingerprint density at radius 3 is 2.43 bits per heavy atom. The van der Waals surface area contributed by atoms with Gasteiger partial charge in [0.25, 0.3) is 5.91 Å². The van der Waals surface area contributed by atoms with Crippen LogP contribution in [0.25, 0.3) is 0 Å². The second kappa shape index (κ2) is 6.40. The Kier molecular flexibility index (Phi) is 4.39. The fourth-order valence-corrected chi connectivity index (χ4v) is 5.72. The lowest BCUT2D eigenvalue weighted by Crippen LogP contribution is -2.60. The number of carbonyl (C=O) groups excluding carboxylic acids is 3. The summed E-state index contributed by atoms with van der Waals surface area (Å²) in [5.74, 6) is -8.66. The van der Waals surface area contributed by atoms with Gasteiger partial charge in [-0.05, 0) is 23.6 Å². The smallest absolute Gasteiger partial charge is 0.255 e. The Labute approximate surface area is 178 Å². The Morgan fingerprint density at radius 2 is 1.83 bits per heavy atom. The van der Waals surface area contributed by atoms with Gasteiger partial charge in [-0.3, -0.25) is 14.4 Å². The van der Waals surface area contributed by atoms with E-state index < -0.39 is 76.0 Å². The number of carbonyl (C=O) groups is 3. The van der Waals surface area contributed by atoms with E-state index in [2.05, 4.69) is 15.9 Å². The molecule has 0 aromatic heterocycles. The molecule has 0 spiro atoms. The number of aliphatic hydroxyl groups excluding tert-OH is 3. The second-order valence-electron chi connectivity index (χ2n) is 7.84. The van der Waals surface area contributed by atoms with Crippen LogP contribution < -0.4 is 5.73 Å². The van der Waals surface area contributed by atoms with Crippen LogP contribution in [0.15, 0.2) is 39.3 Å². The monoisotopic (exact) mass is 479 g/mol. The normalized spacial score (nSPS) is 33.2. The molecule has 4 rings (SSSR count). The number of aliphatic hydroxyl groups is 4. The number of halogens is 1. The van der Waals surface area contributed by atoms with Crippen LogP contribution in [-0.2, 0) is 9.59 Å². The number of aromatic hydroxyl groups is 1. The Morgan fingerprint density at radius 1 is 1.20 bits per heavy atom. The zero-order chi connectivity index (χ0) is 22.3.